The number of ether oxygens (including phenoxy) is 1. The molecular weight excluding hydrogens is 350 g/mol. The average molecular weight is 371 g/mol. The molecule has 0 saturated carbocycles. The topological polar surface area (TPSA) is 73.1 Å². The van der Waals surface area contributed by atoms with Gasteiger partial charge in [0.05, 0.1) is 20.9 Å². The lowest BCUT2D eigenvalue weighted by Gasteiger charge is -2.15. The molecule has 1 aliphatic rings. The molecule has 0 unspecified atom stereocenters. The SMILES string of the molecule is COCc1nc(CCN2CCCC2=O)n(-c2ccc3nc(C)sc3c2)n1. The number of aromatic nitrogens is 4. The number of benzene rings is 1. The molecule has 3 aromatic rings. The fraction of sp³-hybridized carbons (Fsp3) is 0.444. The van der Waals surface area contributed by atoms with Crippen LogP contribution in [0.1, 0.15) is 29.5 Å². The van der Waals surface area contributed by atoms with Crippen LogP contribution in [0.15, 0.2) is 18.2 Å². The number of rotatable bonds is 6. The van der Waals surface area contributed by atoms with Crippen molar-refractivity contribution in [3.05, 3.63) is 34.9 Å². The predicted octanol–water partition coefficient (Wildman–Crippen LogP) is 2.50. The second-order valence-electron chi connectivity index (χ2n) is 6.41. The maximum atomic E-state index is 11.9. The van der Waals surface area contributed by atoms with Gasteiger partial charge in [-0.25, -0.2) is 14.6 Å². The molecule has 0 aliphatic carbocycles. The Hall–Kier alpha value is -2.32. The number of nitrogens with zero attached hydrogens (tertiary/aromatic N) is 5. The lowest BCUT2D eigenvalue weighted by atomic mass is 10.3. The van der Waals surface area contributed by atoms with Crippen LogP contribution in [0.5, 0.6) is 0 Å². The Kier molecular flexibility index (Phi) is 4.69. The van der Waals surface area contributed by atoms with Gasteiger partial charge < -0.3 is 9.64 Å². The van der Waals surface area contributed by atoms with Gasteiger partial charge in [0.2, 0.25) is 5.91 Å². The standard InChI is InChI=1S/C18H21N5O2S/c1-12-19-14-6-5-13(10-15(14)26-12)23-17(20-16(21-23)11-25-2)7-9-22-8-3-4-18(22)24/h5-6,10H,3-4,7-9,11H2,1-2H3. The highest BCUT2D eigenvalue weighted by atomic mass is 32.1. The average Bonchev–Trinajstić information content (AvgIpc) is 3.30. The Labute approximate surface area is 155 Å². The fourth-order valence-electron chi connectivity index (χ4n) is 3.29. The van der Waals surface area contributed by atoms with Crippen LogP contribution in [0.2, 0.25) is 0 Å². The summed E-state index contributed by atoms with van der Waals surface area (Å²) in [7, 11) is 1.63. The number of aryl methyl sites for hydroxylation is 1. The minimum absolute atomic E-state index is 0.231. The third-order valence-corrected chi connectivity index (χ3v) is 5.43. The molecule has 0 bridgehead atoms. The Bertz CT molecular complexity index is 948. The summed E-state index contributed by atoms with van der Waals surface area (Å²) in [6.07, 6.45) is 2.27. The van der Waals surface area contributed by atoms with Gasteiger partial charge >= 0.3 is 0 Å². The number of hydrogen-bond donors (Lipinski definition) is 0. The summed E-state index contributed by atoms with van der Waals surface area (Å²) in [6.45, 7) is 3.88. The van der Waals surface area contributed by atoms with Crippen molar-refractivity contribution in [1.82, 2.24) is 24.6 Å². The highest BCUT2D eigenvalue weighted by Gasteiger charge is 2.21. The largest absolute Gasteiger partial charge is 0.377 e. The number of likely N-dealkylation sites (tertiary alicyclic amines) is 1. The van der Waals surface area contributed by atoms with Gasteiger partial charge in [0, 0.05) is 33.0 Å². The molecule has 0 radical (unpaired) electrons. The van der Waals surface area contributed by atoms with Gasteiger partial charge in [-0.2, -0.15) is 0 Å². The highest BCUT2D eigenvalue weighted by Crippen LogP contribution is 2.25. The van der Waals surface area contributed by atoms with Crippen LogP contribution in [-0.2, 0) is 22.6 Å². The first kappa shape index (κ1) is 17.1. The van der Waals surface area contributed by atoms with Gasteiger partial charge in [-0.05, 0) is 31.5 Å². The number of amides is 1. The maximum Gasteiger partial charge on any atom is 0.222 e. The van der Waals surface area contributed by atoms with Gasteiger partial charge in [0.1, 0.15) is 12.4 Å². The number of fused-ring (bicyclic) bond motifs is 1. The zero-order valence-corrected chi connectivity index (χ0v) is 15.8. The van der Waals surface area contributed by atoms with Gasteiger partial charge in [-0.1, -0.05) is 0 Å². The summed E-state index contributed by atoms with van der Waals surface area (Å²) < 4.78 is 8.18. The van der Waals surface area contributed by atoms with E-state index in [4.69, 9.17) is 4.74 Å². The summed E-state index contributed by atoms with van der Waals surface area (Å²) in [5.41, 5.74) is 1.96. The molecule has 1 aliphatic heterocycles. The van der Waals surface area contributed by atoms with Crippen LogP contribution in [0.4, 0.5) is 0 Å². The molecule has 8 heteroatoms. The third kappa shape index (κ3) is 3.34. The second-order valence-corrected chi connectivity index (χ2v) is 7.64. The minimum atomic E-state index is 0.231. The van der Waals surface area contributed by atoms with Crippen LogP contribution in [0.3, 0.4) is 0 Å². The summed E-state index contributed by atoms with van der Waals surface area (Å²) in [6, 6.07) is 6.12. The summed E-state index contributed by atoms with van der Waals surface area (Å²) >= 11 is 1.67. The first-order valence-corrected chi connectivity index (χ1v) is 9.55. The van der Waals surface area contributed by atoms with Crippen LogP contribution in [0, 0.1) is 6.92 Å². The molecule has 26 heavy (non-hydrogen) atoms. The quantitative estimate of drug-likeness (QED) is 0.666. The van der Waals surface area contributed by atoms with Crippen LogP contribution >= 0.6 is 11.3 Å². The molecule has 3 heterocycles. The van der Waals surface area contributed by atoms with E-state index in [1.165, 1.54) is 0 Å². The van der Waals surface area contributed by atoms with E-state index in [0.29, 0.717) is 31.8 Å². The van der Waals surface area contributed by atoms with E-state index in [0.717, 1.165) is 39.7 Å². The van der Waals surface area contributed by atoms with E-state index in [9.17, 15) is 4.79 Å². The normalized spacial score (nSPS) is 14.7. The number of carbonyl (C=O) groups excluding carboxylic acids is 1. The molecule has 7 nitrogen and oxygen atoms in total. The fourth-order valence-corrected chi connectivity index (χ4v) is 4.15. The molecule has 136 valence electrons. The summed E-state index contributed by atoms with van der Waals surface area (Å²) in [5.74, 6) is 1.72. The first-order chi connectivity index (χ1) is 12.6. The molecule has 2 aromatic heterocycles. The van der Waals surface area contributed by atoms with E-state index in [2.05, 4.69) is 21.1 Å². The van der Waals surface area contributed by atoms with Crippen LogP contribution < -0.4 is 0 Å². The predicted molar refractivity (Wildman–Crippen MR) is 99.5 cm³/mol. The van der Waals surface area contributed by atoms with E-state index in [-0.39, 0.29) is 5.91 Å². The van der Waals surface area contributed by atoms with E-state index in [1.54, 1.807) is 18.4 Å². The minimum Gasteiger partial charge on any atom is -0.377 e. The van der Waals surface area contributed by atoms with Crippen molar-refractivity contribution in [3.8, 4) is 5.69 Å². The first-order valence-electron chi connectivity index (χ1n) is 8.73. The molecule has 1 amide bonds. The maximum absolute atomic E-state index is 11.9. The molecule has 0 atom stereocenters. The van der Waals surface area contributed by atoms with Crippen molar-refractivity contribution in [2.75, 3.05) is 20.2 Å². The molecule has 0 N–H and O–H groups in total. The Balaban J connectivity index is 1.64. The number of carbonyl (C=O) groups is 1. The Morgan fingerprint density at radius 3 is 2.96 bits per heavy atom. The zero-order chi connectivity index (χ0) is 18.1. The zero-order valence-electron chi connectivity index (χ0n) is 14.9. The number of thiazole rings is 1. The van der Waals surface area contributed by atoms with E-state index >= 15 is 0 Å². The van der Waals surface area contributed by atoms with Gasteiger partial charge in [0.25, 0.3) is 0 Å². The van der Waals surface area contributed by atoms with Crippen molar-refractivity contribution in [2.45, 2.75) is 32.8 Å². The van der Waals surface area contributed by atoms with E-state index in [1.807, 2.05) is 28.6 Å². The lowest BCUT2D eigenvalue weighted by molar-refractivity contribution is -0.127. The van der Waals surface area contributed by atoms with Crippen molar-refractivity contribution in [3.63, 3.8) is 0 Å². The second kappa shape index (κ2) is 7.13. The van der Waals surface area contributed by atoms with E-state index < -0.39 is 0 Å². The summed E-state index contributed by atoms with van der Waals surface area (Å²) in [4.78, 5) is 22.9. The van der Waals surface area contributed by atoms with Crippen molar-refractivity contribution in [2.24, 2.45) is 0 Å². The molecular formula is C18H21N5O2S. The third-order valence-electron chi connectivity index (χ3n) is 4.49. The molecule has 4 rings (SSSR count). The molecule has 1 fully saturated rings. The molecule has 1 saturated heterocycles. The highest BCUT2D eigenvalue weighted by molar-refractivity contribution is 7.18. The molecule has 0 spiro atoms. The van der Waals surface area contributed by atoms with Crippen molar-refractivity contribution in [1.29, 1.82) is 0 Å². The Morgan fingerprint density at radius 2 is 2.19 bits per heavy atom. The van der Waals surface area contributed by atoms with Crippen molar-refractivity contribution < 1.29 is 9.53 Å². The monoisotopic (exact) mass is 371 g/mol. The smallest absolute Gasteiger partial charge is 0.222 e. The summed E-state index contributed by atoms with van der Waals surface area (Å²) in [5, 5.41) is 5.65. The number of hydrogen-bond acceptors (Lipinski definition) is 6. The number of methoxy groups -OCH3 is 1. The van der Waals surface area contributed by atoms with Crippen LogP contribution in [-0.4, -0.2) is 50.8 Å². The van der Waals surface area contributed by atoms with Crippen LogP contribution in [0.25, 0.3) is 15.9 Å². The Morgan fingerprint density at radius 1 is 1.31 bits per heavy atom. The van der Waals surface area contributed by atoms with Gasteiger partial charge in [-0.15, -0.1) is 16.4 Å². The van der Waals surface area contributed by atoms with Crippen molar-refractivity contribution >= 4 is 27.5 Å². The van der Waals surface area contributed by atoms with Gasteiger partial charge in [0.15, 0.2) is 5.82 Å². The van der Waals surface area contributed by atoms with Gasteiger partial charge in [-0.3, -0.25) is 4.79 Å². The molecule has 1 aromatic carbocycles. The lowest BCUT2D eigenvalue weighted by Crippen LogP contribution is -2.27.